The van der Waals surface area contributed by atoms with Gasteiger partial charge in [-0.1, -0.05) is 0 Å². The van der Waals surface area contributed by atoms with Crippen molar-refractivity contribution in [2.75, 3.05) is 18.1 Å². The molecule has 1 aliphatic rings. The summed E-state index contributed by atoms with van der Waals surface area (Å²) in [7, 11) is 0. The third kappa shape index (κ3) is 1.50. The third-order valence-electron chi connectivity index (χ3n) is 1.85. The number of ether oxygens (including phenoxy) is 1. The second kappa shape index (κ2) is 3.49. The quantitative estimate of drug-likeness (QED) is 0.590. The Morgan fingerprint density at radius 2 is 2.31 bits per heavy atom. The molecule has 68 valence electrons. The van der Waals surface area contributed by atoms with Crippen molar-refractivity contribution in [2.45, 2.75) is 6.23 Å². The monoisotopic (exact) mass is 179 g/mol. The molecule has 1 aliphatic heterocycles. The van der Waals surface area contributed by atoms with Gasteiger partial charge in [0.15, 0.2) is 12.5 Å². The second-order valence-corrected chi connectivity index (χ2v) is 2.64. The van der Waals surface area contributed by atoms with Crippen LogP contribution in [0.15, 0.2) is 18.5 Å². The number of nitrogens with zero attached hydrogens (tertiary/aromatic N) is 3. The van der Waals surface area contributed by atoms with Crippen molar-refractivity contribution in [1.82, 2.24) is 9.97 Å². The van der Waals surface area contributed by atoms with Crippen LogP contribution in [0, 0.1) is 0 Å². The molecule has 1 saturated heterocycles. The van der Waals surface area contributed by atoms with Gasteiger partial charge < -0.3 is 9.64 Å². The molecule has 2 rings (SSSR count). The molecule has 1 aromatic heterocycles. The highest BCUT2D eigenvalue weighted by Gasteiger charge is 2.26. The highest BCUT2D eigenvalue weighted by molar-refractivity contribution is 5.62. The lowest BCUT2D eigenvalue weighted by Crippen LogP contribution is -2.32. The summed E-state index contributed by atoms with van der Waals surface area (Å²) in [5, 5.41) is 0. The Labute approximate surface area is 75.4 Å². The summed E-state index contributed by atoms with van der Waals surface area (Å²) in [6.07, 6.45) is 3.51. The van der Waals surface area contributed by atoms with Crippen LogP contribution in [0.4, 0.5) is 5.95 Å². The molecule has 0 saturated carbocycles. The average Bonchev–Trinajstić information content (AvgIpc) is 2.67. The summed E-state index contributed by atoms with van der Waals surface area (Å²) in [6, 6.07) is 1.73. The predicted octanol–water partition coefficient (Wildman–Crippen LogP) is -0.162. The van der Waals surface area contributed by atoms with Gasteiger partial charge in [-0.2, -0.15) is 0 Å². The molecule has 1 aromatic rings. The summed E-state index contributed by atoms with van der Waals surface area (Å²) in [5.41, 5.74) is 0. The standard InChI is InChI=1S/C8H9N3O2/c12-6-7-11(4-5-13-7)8-9-2-1-3-10-8/h1-3,6-7H,4-5H2. The number of carbonyl (C=O) groups is 1. The van der Waals surface area contributed by atoms with Gasteiger partial charge >= 0.3 is 0 Å². The van der Waals surface area contributed by atoms with E-state index in [9.17, 15) is 4.79 Å². The van der Waals surface area contributed by atoms with Crippen LogP contribution in [-0.2, 0) is 9.53 Å². The minimum absolute atomic E-state index is 0.526. The molecule has 1 unspecified atom stereocenters. The number of hydrogen-bond donors (Lipinski definition) is 0. The second-order valence-electron chi connectivity index (χ2n) is 2.64. The molecule has 1 atom stereocenters. The first kappa shape index (κ1) is 8.12. The minimum Gasteiger partial charge on any atom is -0.349 e. The Morgan fingerprint density at radius 1 is 1.54 bits per heavy atom. The molecular formula is C8H9N3O2. The van der Waals surface area contributed by atoms with Gasteiger partial charge in [0, 0.05) is 18.9 Å². The zero-order valence-corrected chi connectivity index (χ0v) is 6.96. The molecule has 0 aromatic carbocycles. The van der Waals surface area contributed by atoms with Crippen LogP contribution in [0.5, 0.6) is 0 Å². The Bertz CT molecular complexity index is 291. The van der Waals surface area contributed by atoms with Crippen LogP contribution in [0.2, 0.25) is 0 Å². The van der Waals surface area contributed by atoms with Crippen molar-refractivity contribution in [2.24, 2.45) is 0 Å². The molecule has 0 spiro atoms. The van der Waals surface area contributed by atoms with E-state index in [4.69, 9.17) is 4.74 Å². The lowest BCUT2D eigenvalue weighted by molar-refractivity contribution is -0.115. The van der Waals surface area contributed by atoms with Crippen molar-refractivity contribution in [3.8, 4) is 0 Å². The molecule has 5 nitrogen and oxygen atoms in total. The topological polar surface area (TPSA) is 55.3 Å². The van der Waals surface area contributed by atoms with E-state index < -0.39 is 6.23 Å². The first-order chi connectivity index (χ1) is 6.42. The maximum Gasteiger partial charge on any atom is 0.227 e. The smallest absolute Gasteiger partial charge is 0.227 e. The van der Waals surface area contributed by atoms with Gasteiger partial charge in [0.2, 0.25) is 5.95 Å². The van der Waals surface area contributed by atoms with Gasteiger partial charge in [0.1, 0.15) is 0 Å². The van der Waals surface area contributed by atoms with Crippen LogP contribution in [0.25, 0.3) is 0 Å². The third-order valence-corrected chi connectivity index (χ3v) is 1.85. The number of hydrogen-bond acceptors (Lipinski definition) is 5. The summed E-state index contributed by atoms with van der Waals surface area (Å²) in [5.74, 6) is 0.539. The fraction of sp³-hybridized carbons (Fsp3) is 0.375. The fourth-order valence-corrected chi connectivity index (χ4v) is 1.26. The van der Waals surface area contributed by atoms with Crippen LogP contribution in [0.3, 0.4) is 0 Å². The van der Waals surface area contributed by atoms with Crippen molar-refractivity contribution in [3.63, 3.8) is 0 Å². The maximum absolute atomic E-state index is 10.6. The van der Waals surface area contributed by atoms with Crippen LogP contribution >= 0.6 is 0 Å². The number of anilines is 1. The minimum atomic E-state index is -0.526. The highest BCUT2D eigenvalue weighted by Crippen LogP contribution is 2.14. The van der Waals surface area contributed by atoms with Crippen molar-refractivity contribution in [1.29, 1.82) is 0 Å². The van der Waals surface area contributed by atoms with E-state index in [1.165, 1.54) is 0 Å². The lowest BCUT2D eigenvalue weighted by Gasteiger charge is -2.17. The van der Waals surface area contributed by atoms with Crippen LogP contribution < -0.4 is 4.90 Å². The van der Waals surface area contributed by atoms with E-state index in [1.807, 2.05) is 0 Å². The van der Waals surface area contributed by atoms with E-state index >= 15 is 0 Å². The van der Waals surface area contributed by atoms with Crippen LogP contribution in [0.1, 0.15) is 0 Å². The number of aldehydes is 1. The SMILES string of the molecule is O=CC1OCCN1c1ncccn1. The first-order valence-electron chi connectivity index (χ1n) is 4.02. The zero-order valence-electron chi connectivity index (χ0n) is 6.96. The van der Waals surface area contributed by atoms with Crippen molar-refractivity contribution >= 4 is 12.2 Å². The van der Waals surface area contributed by atoms with Gasteiger partial charge in [-0.25, -0.2) is 9.97 Å². The number of rotatable bonds is 2. The zero-order chi connectivity index (χ0) is 9.10. The summed E-state index contributed by atoms with van der Waals surface area (Å²) in [4.78, 5) is 20.4. The fourth-order valence-electron chi connectivity index (χ4n) is 1.26. The maximum atomic E-state index is 10.6. The molecule has 0 bridgehead atoms. The van der Waals surface area contributed by atoms with Gasteiger partial charge in [-0.3, -0.25) is 4.79 Å². The normalized spacial score (nSPS) is 21.8. The summed E-state index contributed by atoms with van der Waals surface area (Å²) in [6.45, 7) is 1.20. The highest BCUT2D eigenvalue weighted by atomic mass is 16.5. The Hall–Kier alpha value is -1.49. The Morgan fingerprint density at radius 3 is 3.00 bits per heavy atom. The predicted molar refractivity (Wildman–Crippen MR) is 45.2 cm³/mol. The van der Waals surface area contributed by atoms with E-state index in [1.54, 1.807) is 23.4 Å². The molecule has 0 radical (unpaired) electrons. The first-order valence-corrected chi connectivity index (χ1v) is 4.02. The number of carbonyl (C=O) groups excluding carboxylic acids is 1. The molecule has 5 heteroatoms. The van der Waals surface area contributed by atoms with Gasteiger partial charge in [-0.15, -0.1) is 0 Å². The van der Waals surface area contributed by atoms with E-state index in [-0.39, 0.29) is 0 Å². The average molecular weight is 179 g/mol. The molecular weight excluding hydrogens is 170 g/mol. The lowest BCUT2D eigenvalue weighted by atomic mass is 10.5. The van der Waals surface area contributed by atoms with Crippen LogP contribution in [-0.4, -0.2) is 35.6 Å². The van der Waals surface area contributed by atoms with Gasteiger partial charge in [-0.05, 0) is 6.07 Å². The molecule has 0 N–H and O–H groups in total. The van der Waals surface area contributed by atoms with Gasteiger partial charge in [0.25, 0.3) is 0 Å². The summed E-state index contributed by atoms with van der Waals surface area (Å²) >= 11 is 0. The summed E-state index contributed by atoms with van der Waals surface area (Å²) < 4.78 is 5.15. The van der Waals surface area contributed by atoms with E-state index in [2.05, 4.69) is 9.97 Å². The Kier molecular flexibility index (Phi) is 2.18. The van der Waals surface area contributed by atoms with E-state index in [0.717, 1.165) is 6.29 Å². The van der Waals surface area contributed by atoms with Crippen molar-refractivity contribution < 1.29 is 9.53 Å². The molecule has 0 amide bonds. The molecule has 13 heavy (non-hydrogen) atoms. The van der Waals surface area contributed by atoms with Gasteiger partial charge in [0.05, 0.1) is 6.61 Å². The number of aromatic nitrogens is 2. The van der Waals surface area contributed by atoms with E-state index in [0.29, 0.717) is 19.1 Å². The molecule has 2 heterocycles. The largest absolute Gasteiger partial charge is 0.349 e. The molecule has 1 fully saturated rings. The molecule has 0 aliphatic carbocycles. The van der Waals surface area contributed by atoms with Crippen molar-refractivity contribution in [3.05, 3.63) is 18.5 Å². The Balaban J connectivity index is 2.21.